The first kappa shape index (κ1) is 14.0. The van der Waals surface area contributed by atoms with Crippen LogP contribution in [0.25, 0.3) is 0 Å². The molecule has 3 nitrogen and oxygen atoms in total. The number of methoxy groups -OCH3 is 2. The van der Waals surface area contributed by atoms with Gasteiger partial charge in [0.1, 0.15) is 0 Å². The van der Waals surface area contributed by atoms with Gasteiger partial charge in [0.2, 0.25) is 0 Å². The van der Waals surface area contributed by atoms with Crippen molar-refractivity contribution < 1.29 is 9.47 Å². The normalized spacial score (nSPS) is 17.7. The van der Waals surface area contributed by atoms with Crippen molar-refractivity contribution in [2.45, 2.75) is 12.3 Å². The van der Waals surface area contributed by atoms with Crippen molar-refractivity contribution in [3.63, 3.8) is 0 Å². The lowest BCUT2D eigenvalue weighted by atomic mass is 9.88. The highest BCUT2D eigenvalue weighted by atomic mass is 16.5. The van der Waals surface area contributed by atoms with Gasteiger partial charge >= 0.3 is 0 Å². The Labute approximate surface area is 125 Å². The second-order valence-electron chi connectivity index (χ2n) is 5.32. The molecule has 1 N–H and O–H groups in total. The molecule has 1 aliphatic heterocycles. The van der Waals surface area contributed by atoms with E-state index < -0.39 is 0 Å². The van der Waals surface area contributed by atoms with Crippen molar-refractivity contribution in [2.24, 2.45) is 0 Å². The fourth-order valence-corrected chi connectivity index (χ4v) is 3.04. The zero-order valence-electron chi connectivity index (χ0n) is 12.6. The molecule has 0 radical (unpaired) electrons. The number of rotatable bonds is 3. The Morgan fingerprint density at radius 2 is 1.71 bits per heavy atom. The smallest absolute Gasteiger partial charge is 0.161 e. The van der Waals surface area contributed by atoms with Gasteiger partial charge < -0.3 is 14.8 Å². The molecule has 0 saturated heterocycles. The van der Waals surface area contributed by atoms with E-state index in [0.717, 1.165) is 31.0 Å². The molecule has 3 rings (SSSR count). The van der Waals surface area contributed by atoms with Crippen molar-refractivity contribution in [3.8, 4) is 11.5 Å². The van der Waals surface area contributed by atoms with Gasteiger partial charge in [-0.15, -0.1) is 0 Å². The van der Waals surface area contributed by atoms with Gasteiger partial charge in [-0.05, 0) is 41.8 Å². The summed E-state index contributed by atoms with van der Waals surface area (Å²) in [6, 6.07) is 14.9. The maximum atomic E-state index is 5.48. The Bertz CT molecular complexity index is 610. The summed E-state index contributed by atoms with van der Waals surface area (Å²) < 4.78 is 10.9. The molecule has 0 aromatic heterocycles. The van der Waals surface area contributed by atoms with Crippen molar-refractivity contribution >= 4 is 0 Å². The number of nitrogens with one attached hydrogen (secondary N) is 1. The second-order valence-corrected chi connectivity index (χ2v) is 5.32. The van der Waals surface area contributed by atoms with Gasteiger partial charge in [-0.25, -0.2) is 0 Å². The molecule has 3 heteroatoms. The quantitative estimate of drug-likeness (QED) is 0.939. The van der Waals surface area contributed by atoms with E-state index in [1.807, 2.05) is 0 Å². The van der Waals surface area contributed by atoms with E-state index in [4.69, 9.17) is 9.47 Å². The van der Waals surface area contributed by atoms with Crippen molar-refractivity contribution in [2.75, 3.05) is 27.3 Å². The van der Waals surface area contributed by atoms with Gasteiger partial charge in [0, 0.05) is 12.5 Å². The first-order chi connectivity index (χ1) is 10.3. The average Bonchev–Trinajstić information content (AvgIpc) is 2.76. The van der Waals surface area contributed by atoms with Gasteiger partial charge in [-0.3, -0.25) is 0 Å². The summed E-state index contributed by atoms with van der Waals surface area (Å²) in [5.41, 5.74) is 4.01. The third-order valence-electron chi connectivity index (χ3n) is 4.14. The van der Waals surface area contributed by atoms with Crippen molar-refractivity contribution in [1.29, 1.82) is 0 Å². The van der Waals surface area contributed by atoms with E-state index in [9.17, 15) is 0 Å². The van der Waals surface area contributed by atoms with Crippen LogP contribution in [-0.4, -0.2) is 27.3 Å². The predicted octanol–water partition coefficient (Wildman–Crippen LogP) is 2.98. The summed E-state index contributed by atoms with van der Waals surface area (Å²) >= 11 is 0. The Balaban J connectivity index is 2.10. The minimum Gasteiger partial charge on any atom is -0.493 e. The highest BCUT2D eigenvalue weighted by Crippen LogP contribution is 2.37. The summed E-state index contributed by atoms with van der Waals surface area (Å²) in [5.74, 6) is 1.97. The first-order valence-electron chi connectivity index (χ1n) is 7.34. The Hall–Kier alpha value is -2.00. The molecule has 1 atom stereocenters. The van der Waals surface area contributed by atoms with Gasteiger partial charge in [0.05, 0.1) is 14.2 Å². The third-order valence-corrected chi connectivity index (χ3v) is 4.14. The lowest BCUT2D eigenvalue weighted by molar-refractivity contribution is 0.354. The topological polar surface area (TPSA) is 30.5 Å². The largest absolute Gasteiger partial charge is 0.493 e. The molecule has 0 aliphatic carbocycles. The molecule has 2 aromatic rings. The zero-order chi connectivity index (χ0) is 14.7. The lowest BCUT2D eigenvalue weighted by Crippen LogP contribution is -2.20. The van der Waals surface area contributed by atoms with Crippen LogP contribution in [0.5, 0.6) is 11.5 Å². The summed E-state index contributed by atoms with van der Waals surface area (Å²) in [6.45, 7) is 1.94. The monoisotopic (exact) mass is 283 g/mol. The van der Waals surface area contributed by atoms with Crippen LogP contribution in [0.3, 0.4) is 0 Å². The van der Waals surface area contributed by atoms with E-state index in [-0.39, 0.29) is 0 Å². The number of benzene rings is 2. The van der Waals surface area contributed by atoms with Crippen LogP contribution in [0.4, 0.5) is 0 Å². The Morgan fingerprint density at radius 1 is 1.00 bits per heavy atom. The minimum atomic E-state index is 0.350. The molecule has 1 heterocycles. The van der Waals surface area contributed by atoms with Crippen LogP contribution in [0.15, 0.2) is 42.5 Å². The molecule has 21 heavy (non-hydrogen) atoms. The van der Waals surface area contributed by atoms with Crippen molar-refractivity contribution in [1.82, 2.24) is 5.32 Å². The van der Waals surface area contributed by atoms with Gasteiger partial charge in [0.25, 0.3) is 0 Å². The van der Waals surface area contributed by atoms with E-state index in [1.54, 1.807) is 14.2 Å². The number of hydrogen-bond acceptors (Lipinski definition) is 3. The second kappa shape index (κ2) is 6.19. The molecular formula is C18H21NO2. The number of hydrogen-bond donors (Lipinski definition) is 1. The molecule has 0 saturated carbocycles. The van der Waals surface area contributed by atoms with Crippen LogP contribution >= 0.6 is 0 Å². The molecule has 0 bridgehead atoms. The van der Waals surface area contributed by atoms with Gasteiger partial charge in [-0.1, -0.05) is 30.3 Å². The van der Waals surface area contributed by atoms with Gasteiger partial charge in [-0.2, -0.15) is 0 Å². The minimum absolute atomic E-state index is 0.350. The molecule has 0 amide bonds. The molecular weight excluding hydrogens is 262 g/mol. The first-order valence-corrected chi connectivity index (χ1v) is 7.34. The SMILES string of the molecule is COc1cc2c(cc1OC)[C@@H](c1ccccc1)CNCC2. The highest BCUT2D eigenvalue weighted by molar-refractivity contribution is 5.51. The van der Waals surface area contributed by atoms with Crippen molar-refractivity contribution in [3.05, 3.63) is 59.2 Å². The predicted molar refractivity (Wildman–Crippen MR) is 84.4 cm³/mol. The van der Waals surface area contributed by atoms with E-state index in [0.29, 0.717) is 5.92 Å². The van der Waals surface area contributed by atoms with Crippen LogP contribution < -0.4 is 14.8 Å². The molecule has 110 valence electrons. The fraction of sp³-hybridized carbons (Fsp3) is 0.333. The maximum absolute atomic E-state index is 5.48. The molecule has 0 spiro atoms. The molecule has 0 unspecified atom stereocenters. The summed E-state index contributed by atoms with van der Waals surface area (Å²) in [5, 5.41) is 3.54. The van der Waals surface area contributed by atoms with E-state index in [2.05, 4.69) is 47.8 Å². The van der Waals surface area contributed by atoms with Crippen LogP contribution in [0, 0.1) is 0 Å². The molecule has 2 aromatic carbocycles. The van der Waals surface area contributed by atoms with Crippen LogP contribution in [0.1, 0.15) is 22.6 Å². The standard InChI is InChI=1S/C18H21NO2/c1-20-17-10-14-8-9-19-12-16(13-6-4-3-5-7-13)15(14)11-18(17)21-2/h3-7,10-11,16,19H,8-9,12H2,1-2H3/t16-/m1/s1. The molecule has 0 fully saturated rings. The summed E-state index contributed by atoms with van der Waals surface area (Å²) in [6.07, 6.45) is 1.01. The van der Waals surface area contributed by atoms with Gasteiger partial charge in [0.15, 0.2) is 11.5 Å². The highest BCUT2D eigenvalue weighted by Gasteiger charge is 2.22. The Morgan fingerprint density at radius 3 is 2.43 bits per heavy atom. The zero-order valence-corrected chi connectivity index (χ0v) is 12.6. The fourth-order valence-electron chi connectivity index (χ4n) is 3.04. The third kappa shape index (κ3) is 2.74. The average molecular weight is 283 g/mol. The summed E-state index contributed by atoms with van der Waals surface area (Å²) in [4.78, 5) is 0. The van der Waals surface area contributed by atoms with Crippen LogP contribution in [0.2, 0.25) is 0 Å². The lowest BCUT2D eigenvalue weighted by Gasteiger charge is -2.20. The van der Waals surface area contributed by atoms with Crippen LogP contribution in [-0.2, 0) is 6.42 Å². The Kier molecular flexibility index (Phi) is 4.11. The number of ether oxygens (including phenoxy) is 2. The molecule has 1 aliphatic rings. The maximum Gasteiger partial charge on any atom is 0.161 e. The number of fused-ring (bicyclic) bond motifs is 1. The van der Waals surface area contributed by atoms with E-state index >= 15 is 0 Å². The summed E-state index contributed by atoms with van der Waals surface area (Å²) in [7, 11) is 3.38. The van der Waals surface area contributed by atoms with E-state index in [1.165, 1.54) is 16.7 Å².